The Balaban J connectivity index is 1.54. The lowest BCUT2D eigenvalue weighted by atomic mass is 9.91. The number of aliphatic hydroxyl groups is 2. The number of anilines is 2. The molecular formula is C34H43F3N8O4S. The van der Waals surface area contributed by atoms with Crippen molar-refractivity contribution in [2.45, 2.75) is 77.3 Å². The maximum Gasteiger partial charge on any atom is 0.397 e. The predicted octanol–water partition coefficient (Wildman–Crippen LogP) is 6.38. The number of aliphatic hydroxyl groups excluding tert-OH is 1. The van der Waals surface area contributed by atoms with E-state index in [1.54, 1.807) is 26.0 Å². The van der Waals surface area contributed by atoms with Crippen LogP contribution in [-0.4, -0.2) is 71.3 Å². The first kappa shape index (κ1) is 37.0. The Morgan fingerprint density at radius 3 is 2.48 bits per heavy atom. The summed E-state index contributed by atoms with van der Waals surface area (Å²) < 4.78 is 72.5. The number of halogens is 3. The molecule has 1 aliphatic heterocycles. The van der Waals surface area contributed by atoms with Crippen LogP contribution >= 0.6 is 0 Å². The molecule has 16 heteroatoms. The van der Waals surface area contributed by atoms with E-state index < -0.39 is 39.8 Å². The molecular weight excluding hydrogens is 673 g/mol. The molecule has 0 radical (unpaired) electrons. The average Bonchev–Trinajstić information content (AvgIpc) is 3.53. The highest BCUT2D eigenvalue weighted by molar-refractivity contribution is 7.93. The topological polar surface area (TPSA) is 162 Å². The zero-order chi connectivity index (χ0) is 36.3. The predicted molar refractivity (Wildman–Crippen MR) is 183 cm³/mol. The molecule has 50 heavy (non-hydrogen) atoms. The van der Waals surface area contributed by atoms with Crippen molar-refractivity contribution in [2.24, 2.45) is 10.8 Å². The van der Waals surface area contributed by atoms with Gasteiger partial charge in [-0.1, -0.05) is 57.0 Å². The number of rotatable bonds is 7. The average molecular weight is 717 g/mol. The molecule has 3 aromatic heterocycles. The molecule has 4 N–H and O–H groups in total. The fourth-order valence-electron chi connectivity index (χ4n) is 5.35. The van der Waals surface area contributed by atoms with Crippen molar-refractivity contribution in [1.29, 1.82) is 4.78 Å². The number of aryl methyl sites for hydroxylation is 1. The van der Waals surface area contributed by atoms with E-state index in [0.717, 1.165) is 50.7 Å². The van der Waals surface area contributed by atoms with E-state index in [9.17, 15) is 27.6 Å². The van der Waals surface area contributed by atoms with Crippen LogP contribution < -0.4 is 14.4 Å². The second kappa shape index (κ2) is 14.5. The third-order valence-corrected chi connectivity index (χ3v) is 9.97. The number of alkyl halides is 3. The van der Waals surface area contributed by atoms with E-state index >= 15 is 0 Å². The van der Waals surface area contributed by atoms with Crippen molar-refractivity contribution in [3.63, 3.8) is 0 Å². The standard InChI is InChI=1S/C34H43F3N8O4S/c1-32(2,31(46)47)21-44-18-10-6-5-7-12-23-13-8-9-14-24(23)29-30(45-19-17-27(42-45)49-22-33(3,4)34(35,36)37)39-20-25(40-29)43-50(38,48)28-16-11-15-26(44)41-28/h8-9,11,13-17,19-20,31,46-47H,5-7,10,12,18,21-22H2,1-4H3,(H2,38,40,43,48). The van der Waals surface area contributed by atoms with Crippen LogP contribution in [0.5, 0.6) is 5.88 Å². The van der Waals surface area contributed by atoms with Crippen LogP contribution in [0.2, 0.25) is 0 Å². The van der Waals surface area contributed by atoms with E-state index in [-0.39, 0.29) is 29.1 Å². The number of fused-ring (bicyclic) bond motifs is 6. The van der Waals surface area contributed by atoms with Gasteiger partial charge in [-0.3, -0.25) is 4.72 Å². The maximum absolute atomic E-state index is 13.9. The van der Waals surface area contributed by atoms with Crippen LogP contribution in [0.1, 0.15) is 58.9 Å². The van der Waals surface area contributed by atoms with Gasteiger partial charge >= 0.3 is 6.18 Å². The minimum absolute atomic E-state index is 0.0258. The highest BCUT2D eigenvalue weighted by Gasteiger charge is 2.48. The van der Waals surface area contributed by atoms with Gasteiger partial charge in [0, 0.05) is 36.3 Å². The summed E-state index contributed by atoms with van der Waals surface area (Å²) in [5.41, 5.74) is -0.933. The molecule has 4 bridgehead atoms. The van der Waals surface area contributed by atoms with Gasteiger partial charge in [-0.2, -0.15) is 13.2 Å². The number of nitrogens with one attached hydrogen (secondary N) is 2. The van der Waals surface area contributed by atoms with Crippen molar-refractivity contribution < 1.29 is 32.3 Å². The van der Waals surface area contributed by atoms with E-state index in [1.165, 1.54) is 29.2 Å². The third kappa shape index (κ3) is 8.53. The lowest BCUT2D eigenvalue weighted by Crippen LogP contribution is -2.42. The Hall–Kier alpha value is -4.28. The van der Waals surface area contributed by atoms with Gasteiger partial charge in [-0.15, -0.1) is 5.10 Å². The fourth-order valence-corrected chi connectivity index (χ4v) is 6.34. The lowest BCUT2D eigenvalue weighted by molar-refractivity contribution is -0.219. The minimum Gasteiger partial charge on any atom is -0.476 e. The summed E-state index contributed by atoms with van der Waals surface area (Å²) in [6.07, 6.45) is 0.943. The smallest absolute Gasteiger partial charge is 0.397 e. The van der Waals surface area contributed by atoms with Gasteiger partial charge in [0.05, 0.1) is 11.6 Å². The van der Waals surface area contributed by atoms with Crippen LogP contribution in [0, 0.1) is 15.6 Å². The first-order chi connectivity index (χ1) is 23.5. The van der Waals surface area contributed by atoms with Crippen molar-refractivity contribution in [3.8, 4) is 23.0 Å². The zero-order valence-corrected chi connectivity index (χ0v) is 29.3. The summed E-state index contributed by atoms with van der Waals surface area (Å²) in [5.74, 6) is 0.716. The Morgan fingerprint density at radius 1 is 1.00 bits per heavy atom. The second-order valence-corrected chi connectivity index (χ2v) is 15.5. The molecule has 0 saturated heterocycles. The number of hydrogen-bond donors (Lipinski definition) is 4. The largest absolute Gasteiger partial charge is 0.476 e. The molecule has 12 nitrogen and oxygen atoms in total. The summed E-state index contributed by atoms with van der Waals surface area (Å²) >= 11 is 0. The summed E-state index contributed by atoms with van der Waals surface area (Å²) in [6.45, 7) is 5.77. The Morgan fingerprint density at radius 2 is 1.74 bits per heavy atom. The van der Waals surface area contributed by atoms with Gasteiger partial charge < -0.3 is 19.8 Å². The van der Waals surface area contributed by atoms with E-state index in [0.29, 0.717) is 24.5 Å². The number of aromatic nitrogens is 5. The molecule has 1 unspecified atom stereocenters. The van der Waals surface area contributed by atoms with Gasteiger partial charge in [0.1, 0.15) is 18.1 Å². The summed E-state index contributed by atoms with van der Waals surface area (Å²) in [4.78, 5) is 15.8. The van der Waals surface area contributed by atoms with Gasteiger partial charge in [0.2, 0.25) is 5.88 Å². The maximum atomic E-state index is 13.9. The second-order valence-electron chi connectivity index (χ2n) is 13.8. The summed E-state index contributed by atoms with van der Waals surface area (Å²) in [5, 5.41) is 24.3. The molecule has 1 aliphatic rings. The van der Waals surface area contributed by atoms with E-state index in [4.69, 9.17) is 14.5 Å². The highest BCUT2D eigenvalue weighted by Crippen LogP contribution is 2.38. The van der Waals surface area contributed by atoms with E-state index in [1.807, 2.05) is 29.2 Å². The molecule has 1 aromatic carbocycles. The highest BCUT2D eigenvalue weighted by atomic mass is 32.2. The van der Waals surface area contributed by atoms with Crippen molar-refractivity contribution in [3.05, 3.63) is 66.5 Å². The first-order valence-electron chi connectivity index (χ1n) is 16.3. The minimum atomic E-state index is -4.47. The SMILES string of the molecule is CC(C)(CN1CCCCCCc2ccccc2-c2nc(cnc2-n2ccc(OCC(C)(C)C(F)(F)F)n2)NS(=N)(=O)c2cccc1n2)C(O)O. The van der Waals surface area contributed by atoms with Gasteiger partial charge in [-0.05, 0) is 50.8 Å². The Bertz CT molecular complexity index is 1900. The van der Waals surface area contributed by atoms with Crippen molar-refractivity contribution in [2.75, 3.05) is 29.3 Å². The van der Waals surface area contributed by atoms with Crippen LogP contribution in [0.25, 0.3) is 17.1 Å². The molecule has 0 aliphatic carbocycles. The number of hydrogen-bond acceptors (Lipinski definition) is 10. The van der Waals surface area contributed by atoms with Crippen molar-refractivity contribution in [1.82, 2.24) is 24.7 Å². The molecule has 0 spiro atoms. The van der Waals surface area contributed by atoms with Crippen LogP contribution in [0.3, 0.4) is 0 Å². The van der Waals surface area contributed by atoms with Gasteiger partial charge in [-0.25, -0.2) is 28.6 Å². The molecule has 1 atom stereocenters. The van der Waals surface area contributed by atoms with Crippen molar-refractivity contribution >= 4 is 21.6 Å². The van der Waals surface area contributed by atoms with E-state index in [2.05, 4.69) is 19.8 Å². The fraction of sp³-hybridized carbons (Fsp3) is 0.471. The number of pyridine rings is 1. The number of nitrogens with zero attached hydrogens (tertiary/aromatic N) is 6. The van der Waals surface area contributed by atoms with Gasteiger partial charge in [0.25, 0.3) is 0 Å². The Labute approximate surface area is 289 Å². The monoisotopic (exact) mass is 716 g/mol. The molecule has 5 rings (SSSR count). The van der Waals surface area contributed by atoms with Crippen LogP contribution in [-0.2, 0) is 16.3 Å². The third-order valence-electron chi connectivity index (χ3n) is 8.65. The Kier molecular flexibility index (Phi) is 10.7. The molecule has 0 fully saturated rings. The molecule has 4 aromatic rings. The zero-order valence-electron chi connectivity index (χ0n) is 28.4. The first-order valence-corrected chi connectivity index (χ1v) is 17.9. The normalized spacial score (nSPS) is 17.9. The summed E-state index contributed by atoms with van der Waals surface area (Å²) in [6, 6.07) is 14.0. The number of ether oxygens (including phenoxy) is 1. The van der Waals surface area contributed by atoms with Gasteiger partial charge in [0.15, 0.2) is 32.9 Å². The summed E-state index contributed by atoms with van der Waals surface area (Å²) in [7, 11) is -3.78. The molecule has 0 saturated carbocycles. The molecule has 0 amide bonds. The lowest BCUT2D eigenvalue weighted by Gasteiger charge is -2.34. The molecule has 270 valence electrons. The number of benzene rings is 1. The van der Waals surface area contributed by atoms with Crippen LogP contribution in [0.15, 0.2) is 66.0 Å². The van der Waals surface area contributed by atoms with Crippen LogP contribution in [0.4, 0.5) is 24.8 Å². The molecule has 4 heterocycles. The quantitative estimate of drug-likeness (QED) is 0.159.